The number of fused-ring (bicyclic) bond motifs is 1. The minimum atomic E-state index is -0.159. The number of rotatable bonds is 6. The van der Waals surface area contributed by atoms with Crippen LogP contribution in [0.2, 0.25) is 0 Å². The lowest BCUT2D eigenvalue weighted by Crippen LogP contribution is -2.20. The second-order valence-corrected chi connectivity index (χ2v) is 7.53. The molecule has 1 fully saturated rings. The molecule has 0 aliphatic heterocycles. The third kappa shape index (κ3) is 3.40. The highest BCUT2D eigenvalue weighted by Gasteiger charge is 2.29. The van der Waals surface area contributed by atoms with Crippen molar-refractivity contribution in [1.82, 2.24) is 14.5 Å². The summed E-state index contributed by atoms with van der Waals surface area (Å²) >= 11 is 0. The van der Waals surface area contributed by atoms with Crippen LogP contribution in [-0.4, -0.2) is 20.4 Å². The fraction of sp³-hybridized carbons (Fsp3) is 0.381. The highest BCUT2D eigenvalue weighted by atomic mass is 16.2. The number of anilines is 3. The summed E-state index contributed by atoms with van der Waals surface area (Å²) in [6.45, 7) is 6.05. The Bertz CT molecular complexity index is 1090. The number of aryl methyl sites for hydroxylation is 1. The lowest BCUT2D eigenvalue weighted by atomic mass is 10.1. The van der Waals surface area contributed by atoms with Crippen LogP contribution in [0.1, 0.15) is 44.7 Å². The zero-order valence-corrected chi connectivity index (χ0v) is 16.4. The molecule has 1 aromatic carbocycles. The van der Waals surface area contributed by atoms with Gasteiger partial charge in [0.25, 0.3) is 0 Å². The van der Waals surface area contributed by atoms with E-state index in [1.54, 1.807) is 10.8 Å². The molecule has 3 N–H and O–H groups in total. The number of imidazole rings is 1. The number of carbonyl (C=O) groups excluding carboxylic acids is 1. The minimum absolute atomic E-state index is 0.0618. The number of hydrogen-bond acceptors (Lipinski definition) is 4. The van der Waals surface area contributed by atoms with Crippen molar-refractivity contribution in [2.45, 2.75) is 46.1 Å². The van der Waals surface area contributed by atoms with Crippen molar-refractivity contribution in [2.75, 3.05) is 10.6 Å². The van der Waals surface area contributed by atoms with Gasteiger partial charge in [0, 0.05) is 29.5 Å². The summed E-state index contributed by atoms with van der Waals surface area (Å²) in [4.78, 5) is 31.8. The average molecular weight is 379 g/mol. The van der Waals surface area contributed by atoms with E-state index >= 15 is 0 Å². The van der Waals surface area contributed by atoms with E-state index < -0.39 is 0 Å². The average Bonchev–Trinajstić information content (AvgIpc) is 3.47. The standard InChI is InChI=1S/C21H25N5O2/c1-4-13(3)26-19-18(25-21(26)28)16(9-10-22-19)24-17-11-15(8-5-12(17)2)23-20(27)14-6-7-14/h5,8-11,13-14H,4,6-7H2,1-3H3,(H,22,24)(H,23,27)(H,25,28). The predicted octanol–water partition coefficient (Wildman–Crippen LogP) is 4.10. The summed E-state index contributed by atoms with van der Waals surface area (Å²) in [6.07, 6.45) is 4.48. The maximum Gasteiger partial charge on any atom is 0.327 e. The van der Waals surface area contributed by atoms with Gasteiger partial charge in [-0.2, -0.15) is 0 Å². The normalized spacial score (nSPS) is 14.8. The van der Waals surface area contributed by atoms with E-state index in [1.165, 1.54) is 0 Å². The molecule has 2 heterocycles. The SMILES string of the molecule is CCC(C)n1c(=O)[nH]c2c(Nc3cc(NC(=O)C4CC4)ccc3C)ccnc21. The van der Waals surface area contributed by atoms with E-state index in [2.05, 4.69) is 20.6 Å². The van der Waals surface area contributed by atoms with E-state index in [1.807, 2.05) is 45.0 Å². The number of amides is 1. The highest BCUT2D eigenvalue weighted by Crippen LogP contribution is 2.32. The van der Waals surface area contributed by atoms with Crippen LogP contribution in [0, 0.1) is 12.8 Å². The molecule has 0 radical (unpaired) electrons. The number of pyridine rings is 1. The second kappa shape index (κ2) is 7.14. The molecule has 1 unspecified atom stereocenters. The number of nitrogens with one attached hydrogen (secondary N) is 3. The first kappa shape index (κ1) is 18.3. The third-order valence-corrected chi connectivity index (χ3v) is 5.36. The van der Waals surface area contributed by atoms with E-state index in [0.29, 0.717) is 11.2 Å². The van der Waals surface area contributed by atoms with Gasteiger partial charge in [-0.1, -0.05) is 13.0 Å². The fourth-order valence-corrected chi connectivity index (χ4v) is 3.28. The number of carbonyl (C=O) groups is 1. The molecule has 1 atom stereocenters. The molecule has 7 heteroatoms. The van der Waals surface area contributed by atoms with Crippen LogP contribution >= 0.6 is 0 Å². The number of aromatic amines is 1. The Morgan fingerprint density at radius 2 is 2.11 bits per heavy atom. The molecular formula is C21H25N5O2. The topological polar surface area (TPSA) is 91.8 Å². The molecule has 4 rings (SSSR count). The first-order chi connectivity index (χ1) is 13.5. The third-order valence-electron chi connectivity index (χ3n) is 5.36. The van der Waals surface area contributed by atoms with E-state index in [4.69, 9.17) is 0 Å². The Morgan fingerprint density at radius 1 is 1.32 bits per heavy atom. The van der Waals surface area contributed by atoms with Crippen LogP contribution < -0.4 is 16.3 Å². The van der Waals surface area contributed by atoms with Crippen LogP contribution in [0.25, 0.3) is 11.2 Å². The van der Waals surface area contributed by atoms with Gasteiger partial charge in [-0.15, -0.1) is 0 Å². The van der Waals surface area contributed by atoms with Crippen molar-refractivity contribution in [1.29, 1.82) is 0 Å². The van der Waals surface area contributed by atoms with Crippen molar-refractivity contribution in [3.63, 3.8) is 0 Å². The van der Waals surface area contributed by atoms with Gasteiger partial charge in [-0.05, 0) is 56.9 Å². The number of H-pyrrole nitrogens is 1. The molecular weight excluding hydrogens is 354 g/mol. The molecule has 28 heavy (non-hydrogen) atoms. The highest BCUT2D eigenvalue weighted by molar-refractivity contribution is 5.95. The van der Waals surface area contributed by atoms with Gasteiger partial charge < -0.3 is 15.6 Å². The molecule has 3 aromatic rings. The maximum absolute atomic E-state index is 12.4. The van der Waals surface area contributed by atoms with Crippen LogP contribution in [0.4, 0.5) is 17.1 Å². The Morgan fingerprint density at radius 3 is 2.82 bits per heavy atom. The predicted molar refractivity (Wildman–Crippen MR) is 111 cm³/mol. The first-order valence-corrected chi connectivity index (χ1v) is 9.75. The summed E-state index contributed by atoms with van der Waals surface area (Å²) in [5.41, 5.74) is 4.61. The largest absolute Gasteiger partial charge is 0.353 e. The molecule has 146 valence electrons. The van der Waals surface area contributed by atoms with Crippen LogP contribution in [0.3, 0.4) is 0 Å². The van der Waals surface area contributed by atoms with Crippen LogP contribution in [-0.2, 0) is 4.79 Å². The molecule has 1 amide bonds. The first-order valence-electron chi connectivity index (χ1n) is 9.75. The summed E-state index contributed by atoms with van der Waals surface area (Å²) in [5.74, 6) is 0.235. The molecule has 1 saturated carbocycles. The summed E-state index contributed by atoms with van der Waals surface area (Å²) < 4.78 is 1.69. The van der Waals surface area contributed by atoms with E-state index in [-0.39, 0.29) is 23.6 Å². The molecule has 7 nitrogen and oxygen atoms in total. The van der Waals surface area contributed by atoms with Gasteiger partial charge in [-0.25, -0.2) is 9.78 Å². The monoisotopic (exact) mass is 379 g/mol. The molecule has 2 aromatic heterocycles. The van der Waals surface area contributed by atoms with Gasteiger partial charge in [0.05, 0.1) is 5.69 Å². The van der Waals surface area contributed by atoms with Crippen LogP contribution in [0.5, 0.6) is 0 Å². The molecule has 1 aliphatic rings. The van der Waals surface area contributed by atoms with Crippen molar-refractivity contribution in [3.05, 3.63) is 46.5 Å². The molecule has 0 saturated heterocycles. The second-order valence-electron chi connectivity index (χ2n) is 7.53. The van der Waals surface area contributed by atoms with Crippen molar-refractivity contribution in [3.8, 4) is 0 Å². The number of hydrogen-bond donors (Lipinski definition) is 3. The van der Waals surface area contributed by atoms with Gasteiger partial charge in [0.2, 0.25) is 5.91 Å². The molecule has 1 aliphatic carbocycles. The lowest BCUT2D eigenvalue weighted by molar-refractivity contribution is -0.117. The van der Waals surface area contributed by atoms with Crippen molar-refractivity contribution >= 4 is 34.1 Å². The molecule has 0 spiro atoms. The van der Waals surface area contributed by atoms with Crippen LogP contribution in [0.15, 0.2) is 35.3 Å². The minimum Gasteiger partial charge on any atom is -0.353 e. The zero-order valence-electron chi connectivity index (χ0n) is 16.4. The Hall–Kier alpha value is -3.09. The van der Waals surface area contributed by atoms with E-state index in [0.717, 1.165) is 41.9 Å². The Balaban J connectivity index is 1.68. The number of nitrogens with zero attached hydrogens (tertiary/aromatic N) is 2. The molecule has 0 bridgehead atoms. The lowest BCUT2D eigenvalue weighted by Gasteiger charge is -2.14. The quantitative estimate of drug-likeness (QED) is 0.601. The van der Waals surface area contributed by atoms with Gasteiger partial charge in [0.15, 0.2) is 5.65 Å². The Labute approximate surface area is 163 Å². The van der Waals surface area contributed by atoms with Gasteiger partial charge in [-0.3, -0.25) is 9.36 Å². The summed E-state index contributed by atoms with van der Waals surface area (Å²) in [7, 11) is 0. The fourth-order valence-electron chi connectivity index (χ4n) is 3.28. The van der Waals surface area contributed by atoms with Crippen molar-refractivity contribution in [2.24, 2.45) is 5.92 Å². The number of aromatic nitrogens is 3. The van der Waals surface area contributed by atoms with Gasteiger partial charge >= 0.3 is 5.69 Å². The van der Waals surface area contributed by atoms with E-state index in [9.17, 15) is 9.59 Å². The van der Waals surface area contributed by atoms with Gasteiger partial charge in [0.1, 0.15) is 5.52 Å². The van der Waals surface area contributed by atoms with Crippen molar-refractivity contribution < 1.29 is 4.79 Å². The summed E-state index contributed by atoms with van der Waals surface area (Å²) in [5, 5.41) is 6.37. The Kier molecular flexibility index (Phi) is 4.66. The maximum atomic E-state index is 12.4. The smallest absolute Gasteiger partial charge is 0.327 e. The zero-order chi connectivity index (χ0) is 19.8. The summed E-state index contributed by atoms with van der Waals surface area (Å²) in [6, 6.07) is 7.70. The number of benzene rings is 1.